The first kappa shape index (κ1) is 22.4. The second kappa shape index (κ2) is 9.01. The molecule has 1 amide bonds. The van der Waals surface area contributed by atoms with Crippen LogP contribution in [0.15, 0.2) is 51.8 Å². The molecule has 168 valence electrons. The van der Waals surface area contributed by atoms with Gasteiger partial charge < -0.3 is 4.42 Å². The Morgan fingerprint density at radius 3 is 2.41 bits per heavy atom. The maximum absolute atomic E-state index is 13.0. The van der Waals surface area contributed by atoms with Crippen molar-refractivity contribution in [3.8, 4) is 11.5 Å². The molecule has 0 saturated carbocycles. The number of anilines is 1. The quantitative estimate of drug-likeness (QED) is 0.598. The highest BCUT2D eigenvalue weighted by atomic mass is 35.5. The predicted molar refractivity (Wildman–Crippen MR) is 121 cm³/mol. The van der Waals surface area contributed by atoms with Gasteiger partial charge in [0, 0.05) is 29.6 Å². The van der Waals surface area contributed by atoms with Crippen LogP contribution in [0.2, 0.25) is 5.02 Å². The van der Waals surface area contributed by atoms with E-state index in [1.54, 1.807) is 36.4 Å². The first-order chi connectivity index (χ1) is 15.2. The number of aromatic nitrogens is 2. The van der Waals surface area contributed by atoms with Crippen LogP contribution in [-0.4, -0.2) is 41.9 Å². The van der Waals surface area contributed by atoms with E-state index in [0.29, 0.717) is 23.4 Å². The maximum Gasteiger partial charge on any atom is 0.322 e. The summed E-state index contributed by atoms with van der Waals surface area (Å²) >= 11 is 5.88. The van der Waals surface area contributed by atoms with E-state index in [2.05, 4.69) is 15.5 Å². The molecule has 0 bridgehead atoms. The van der Waals surface area contributed by atoms with Crippen LogP contribution >= 0.6 is 11.6 Å². The molecule has 8 nitrogen and oxygen atoms in total. The number of aryl methyl sites for hydroxylation is 2. The van der Waals surface area contributed by atoms with Gasteiger partial charge in [-0.25, -0.2) is 8.42 Å². The fraction of sp³-hybridized carbons (Fsp3) is 0.318. The van der Waals surface area contributed by atoms with Crippen molar-refractivity contribution < 1.29 is 17.6 Å². The van der Waals surface area contributed by atoms with Gasteiger partial charge in [0.05, 0.1) is 4.90 Å². The molecule has 0 spiro atoms. The Morgan fingerprint density at radius 2 is 1.75 bits per heavy atom. The molecule has 1 fully saturated rings. The number of carbonyl (C=O) groups is 1. The van der Waals surface area contributed by atoms with E-state index in [4.69, 9.17) is 16.0 Å². The van der Waals surface area contributed by atoms with Crippen molar-refractivity contribution in [2.75, 3.05) is 18.4 Å². The first-order valence-electron chi connectivity index (χ1n) is 10.2. The Labute approximate surface area is 191 Å². The number of sulfonamides is 1. The van der Waals surface area contributed by atoms with Crippen LogP contribution in [0.1, 0.15) is 24.0 Å². The summed E-state index contributed by atoms with van der Waals surface area (Å²) < 4.78 is 32.9. The fourth-order valence-corrected chi connectivity index (χ4v) is 5.25. The summed E-state index contributed by atoms with van der Waals surface area (Å²) in [6, 6.07) is 12.0. The monoisotopic (exact) mass is 474 g/mol. The van der Waals surface area contributed by atoms with Crippen molar-refractivity contribution in [1.82, 2.24) is 14.5 Å². The number of carbonyl (C=O) groups excluding carboxylic acids is 1. The van der Waals surface area contributed by atoms with E-state index in [-0.39, 0.29) is 41.7 Å². The zero-order chi connectivity index (χ0) is 22.9. The summed E-state index contributed by atoms with van der Waals surface area (Å²) in [7, 11) is -3.59. The normalized spacial score (nSPS) is 15.6. The molecule has 3 aromatic rings. The number of amides is 1. The third-order valence-corrected chi connectivity index (χ3v) is 7.83. The average molecular weight is 475 g/mol. The van der Waals surface area contributed by atoms with Crippen LogP contribution in [0.25, 0.3) is 11.5 Å². The molecule has 0 radical (unpaired) electrons. The molecule has 1 aliphatic rings. The van der Waals surface area contributed by atoms with Crippen LogP contribution in [0.4, 0.5) is 6.01 Å². The molecule has 0 atom stereocenters. The fourth-order valence-electron chi connectivity index (χ4n) is 3.57. The Kier molecular flexibility index (Phi) is 6.32. The highest BCUT2D eigenvalue weighted by molar-refractivity contribution is 7.89. The largest absolute Gasteiger partial charge is 0.403 e. The van der Waals surface area contributed by atoms with Crippen molar-refractivity contribution in [3.63, 3.8) is 0 Å². The van der Waals surface area contributed by atoms with Crippen molar-refractivity contribution in [2.24, 2.45) is 5.92 Å². The van der Waals surface area contributed by atoms with Crippen LogP contribution in [0.3, 0.4) is 0 Å². The summed E-state index contributed by atoms with van der Waals surface area (Å²) in [5.74, 6) is -0.335. The van der Waals surface area contributed by atoms with E-state index < -0.39 is 10.0 Å². The molecule has 0 unspecified atom stereocenters. The van der Waals surface area contributed by atoms with E-state index in [9.17, 15) is 13.2 Å². The zero-order valence-electron chi connectivity index (χ0n) is 17.7. The summed E-state index contributed by atoms with van der Waals surface area (Å²) in [4.78, 5) is 12.9. The van der Waals surface area contributed by atoms with E-state index >= 15 is 0 Å². The number of hydrogen-bond donors (Lipinski definition) is 1. The van der Waals surface area contributed by atoms with Gasteiger partial charge in [-0.1, -0.05) is 22.8 Å². The highest BCUT2D eigenvalue weighted by Gasteiger charge is 2.32. The Bertz CT molecular complexity index is 1230. The minimum Gasteiger partial charge on any atom is -0.403 e. The molecule has 2 aromatic carbocycles. The third-order valence-electron chi connectivity index (χ3n) is 5.69. The van der Waals surface area contributed by atoms with Gasteiger partial charge in [0.15, 0.2) is 0 Å². The lowest BCUT2D eigenvalue weighted by atomic mass is 9.97. The van der Waals surface area contributed by atoms with Crippen molar-refractivity contribution in [1.29, 1.82) is 0 Å². The molecule has 4 rings (SSSR count). The molecule has 1 N–H and O–H groups in total. The molecular weight excluding hydrogens is 452 g/mol. The number of piperidine rings is 1. The average Bonchev–Trinajstić information content (AvgIpc) is 3.24. The predicted octanol–water partition coefficient (Wildman–Crippen LogP) is 4.05. The number of hydrogen-bond acceptors (Lipinski definition) is 6. The van der Waals surface area contributed by atoms with Crippen molar-refractivity contribution in [2.45, 2.75) is 31.6 Å². The molecule has 1 aliphatic heterocycles. The van der Waals surface area contributed by atoms with Crippen LogP contribution in [0, 0.1) is 19.8 Å². The Morgan fingerprint density at radius 1 is 1.06 bits per heavy atom. The van der Waals surface area contributed by atoms with Gasteiger partial charge in [-0.3, -0.25) is 10.1 Å². The summed E-state index contributed by atoms with van der Waals surface area (Å²) in [6.07, 6.45) is 0.822. The van der Waals surface area contributed by atoms with Gasteiger partial charge in [0.1, 0.15) is 0 Å². The van der Waals surface area contributed by atoms with Gasteiger partial charge in [0.2, 0.25) is 21.8 Å². The molecule has 10 heteroatoms. The zero-order valence-corrected chi connectivity index (χ0v) is 19.3. The summed E-state index contributed by atoms with van der Waals surface area (Å²) in [6.45, 7) is 4.37. The van der Waals surface area contributed by atoms with Crippen molar-refractivity contribution in [3.05, 3.63) is 58.6 Å². The second-order valence-electron chi connectivity index (χ2n) is 7.83. The van der Waals surface area contributed by atoms with Gasteiger partial charge >= 0.3 is 6.01 Å². The lowest BCUT2D eigenvalue weighted by Crippen LogP contribution is -2.41. The number of rotatable bonds is 5. The van der Waals surface area contributed by atoms with Crippen LogP contribution in [-0.2, 0) is 14.8 Å². The van der Waals surface area contributed by atoms with Crippen LogP contribution in [0.5, 0.6) is 0 Å². The maximum atomic E-state index is 13.0. The highest BCUT2D eigenvalue weighted by Crippen LogP contribution is 2.27. The molecule has 1 aromatic heterocycles. The topological polar surface area (TPSA) is 105 Å². The van der Waals surface area contributed by atoms with Crippen LogP contribution < -0.4 is 5.32 Å². The van der Waals surface area contributed by atoms with Gasteiger partial charge in [-0.05, 0) is 74.2 Å². The standard InChI is InChI=1S/C22H23ClN4O4S/c1-14-3-8-19(13-15(14)2)32(29,30)27-11-9-16(10-12-27)20(28)24-22-26-25-21(31-22)17-4-6-18(23)7-5-17/h3-8,13,16H,9-12H2,1-2H3,(H,24,26,28). The second-order valence-corrected chi connectivity index (χ2v) is 10.2. The Balaban J connectivity index is 1.36. The molecular formula is C22H23ClN4O4S. The molecule has 32 heavy (non-hydrogen) atoms. The number of benzene rings is 2. The minimum absolute atomic E-state index is 0.00475. The van der Waals surface area contributed by atoms with Crippen molar-refractivity contribution >= 4 is 33.5 Å². The number of nitrogens with one attached hydrogen (secondary N) is 1. The molecule has 2 heterocycles. The number of nitrogens with zero attached hydrogens (tertiary/aromatic N) is 3. The van der Waals surface area contributed by atoms with Gasteiger partial charge in [-0.15, -0.1) is 5.10 Å². The molecule has 0 aliphatic carbocycles. The number of halogens is 1. The third kappa shape index (κ3) is 4.69. The summed E-state index contributed by atoms with van der Waals surface area (Å²) in [5.41, 5.74) is 2.66. The van der Waals surface area contributed by atoms with Gasteiger partial charge in [-0.2, -0.15) is 4.31 Å². The van der Waals surface area contributed by atoms with Gasteiger partial charge in [0.25, 0.3) is 0 Å². The van der Waals surface area contributed by atoms with E-state index in [1.807, 2.05) is 19.9 Å². The van der Waals surface area contributed by atoms with E-state index in [0.717, 1.165) is 11.1 Å². The lowest BCUT2D eigenvalue weighted by Gasteiger charge is -2.30. The lowest BCUT2D eigenvalue weighted by molar-refractivity contribution is -0.121. The van der Waals surface area contributed by atoms with E-state index in [1.165, 1.54) is 4.31 Å². The summed E-state index contributed by atoms with van der Waals surface area (Å²) in [5, 5.41) is 11.0. The SMILES string of the molecule is Cc1ccc(S(=O)(=O)N2CCC(C(=O)Nc3nnc(-c4ccc(Cl)cc4)o3)CC2)cc1C. The Hall–Kier alpha value is -2.75. The first-order valence-corrected chi connectivity index (χ1v) is 12.0. The molecule has 1 saturated heterocycles. The minimum atomic E-state index is -3.59. The smallest absolute Gasteiger partial charge is 0.322 e.